The summed E-state index contributed by atoms with van der Waals surface area (Å²) in [7, 11) is 0. The van der Waals surface area contributed by atoms with Crippen LogP contribution in [-0.2, 0) is 0 Å². The van der Waals surface area contributed by atoms with Crippen molar-refractivity contribution >= 4 is 5.71 Å². The average Bonchev–Trinajstić information content (AvgIpc) is 2.36. The predicted octanol–water partition coefficient (Wildman–Crippen LogP) is 0.574. The van der Waals surface area contributed by atoms with E-state index in [9.17, 15) is 5.11 Å². The molecule has 1 heterocycles. The number of allylic oxidation sites excluding steroid dienone is 1. The standard InChI is InChI=1S/C8H9NO2/c10-7-3-5-1-2-9-6(5)4-8(7)11/h3-4,7,10-11H,1-2H2. The highest BCUT2D eigenvalue weighted by Crippen LogP contribution is 2.21. The van der Waals surface area contributed by atoms with Crippen LogP contribution in [0.3, 0.4) is 0 Å². The zero-order chi connectivity index (χ0) is 7.84. The van der Waals surface area contributed by atoms with Gasteiger partial charge in [0.05, 0.1) is 5.71 Å². The molecular formula is C8H9NO2. The van der Waals surface area contributed by atoms with E-state index >= 15 is 0 Å². The Bertz CT molecular complexity index is 276. The van der Waals surface area contributed by atoms with Crippen LogP contribution in [0, 0.1) is 0 Å². The van der Waals surface area contributed by atoms with Gasteiger partial charge in [-0.25, -0.2) is 0 Å². The van der Waals surface area contributed by atoms with E-state index in [0.717, 1.165) is 24.3 Å². The quantitative estimate of drug-likeness (QED) is 0.532. The topological polar surface area (TPSA) is 52.8 Å². The van der Waals surface area contributed by atoms with E-state index < -0.39 is 6.10 Å². The van der Waals surface area contributed by atoms with Gasteiger partial charge in [0.25, 0.3) is 0 Å². The molecule has 0 amide bonds. The fraction of sp³-hybridized carbons (Fsp3) is 0.375. The smallest absolute Gasteiger partial charge is 0.130 e. The summed E-state index contributed by atoms with van der Waals surface area (Å²) in [5, 5.41) is 18.3. The van der Waals surface area contributed by atoms with Crippen molar-refractivity contribution in [1.29, 1.82) is 0 Å². The third kappa shape index (κ3) is 0.973. The Morgan fingerprint density at radius 2 is 2.36 bits per heavy atom. The number of aliphatic imine (C=N–C) groups is 1. The van der Waals surface area contributed by atoms with Crippen molar-refractivity contribution in [1.82, 2.24) is 0 Å². The Balaban J connectivity index is 2.38. The first-order chi connectivity index (χ1) is 5.27. The van der Waals surface area contributed by atoms with Crippen LogP contribution in [0.15, 0.2) is 28.5 Å². The third-order valence-electron chi connectivity index (χ3n) is 1.94. The van der Waals surface area contributed by atoms with Crippen molar-refractivity contribution < 1.29 is 10.2 Å². The lowest BCUT2D eigenvalue weighted by Crippen LogP contribution is -2.15. The summed E-state index contributed by atoms with van der Waals surface area (Å²) >= 11 is 0. The summed E-state index contributed by atoms with van der Waals surface area (Å²) < 4.78 is 0. The molecule has 2 aliphatic rings. The van der Waals surface area contributed by atoms with Gasteiger partial charge in [0.1, 0.15) is 11.9 Å². The SMILES string of the molecule is OC1=CC2=NCCC2=CC1O. The molecule has 1 atom stereocenters. The highest BCUT2D eigenvalue weighted by atomic mass is 16.3. The van der Waals surface area contributed by atoms with E-state index in [4.69, 9.17) is 5.11 Å². The van der Waals surface area contributed by atoms with Crippen molar-refractivity contribution in [2.75, 3.05) is 6.54 Å². The van der Waals surface area contributed by atoms with Gasteiger partial charge in [0.2, 0.25) is 0 Å². The van der Waals surface area contributed by atoms with Crippen molar-refractivity contribution in [3.05, 3.63) is 23.5 Å². The molecule has 0 saturated heterocycles. The summed E-state index contributed by atoms with van der Waals surface area (Å²) in [6, 6.07) is 0. The molecule has 3 heteroatoms. The van der Waals surface area contributed by atoms with Crippen molar-refractivity contribution in [2.45, 2.75) is 12.5 Å². The van der Waals surface area contributed by atoms with Crippen LogP contribution in [0.2, 0.25) is 0 Å². The fourth-order valence-electron chi connectivity index (χ4n) is 1.33. The summed E-state index contributed by atoms with van der Waals surface area (Å²) in [5.41, 5.74) is 1.88. The highest BCUT2D eigenvalue weighted by Gasteiger charge is 2.20. The molecule has 1 unspecified atom stereocenters. The molecule has 0 fully saturated rings. The molecule has 11 heavy (non-hydrogen) atoms. The zero-order valence-electron chi connectivity index (χ0n) is 5.99. The van der Waals surface area contributed by atoms with Crippen LogP contribution in [0.4, 0.5) is 0 Å². The van der Waals surface area contributed by atoms with E-state index in [1.807, 2.05) is 0 Å². The molecule has 0 saturated carbocycles. The maximum absolute atomic E-state index is 9.18. The molecule has 3 nitrogen and oxygen atoms in total. The molecule has 0 spiro atoms. The van der Waals surface area contributed by atoms with Crippen LogP contribution in [0.25, 0.3) is 0 Å². The van der Waals surface area contributed by atoms with Crippen molar-refractivity contribution in [2.24, 2.45) is 4.99 Å². The first-order valence-corrected chi connectivity index (χ1v) is 3.61. The number of aliphatic hydroxyl groups is 2. The predicted molar refractivity (Wildman–Crippen MR) is 41.7 cm³/mol. The second-order valence-electron chi connectivity index (χ2n) is 2.72. The van der Waals surface area contributed by atoms with Crippen molar-refractivity contribution in [3.63, 3.8) is 0 Å². The molecule has 0 bridgehead atoms. The molecule has 0 radical (unpaired) electrons. The normalized spacial score (nSPS) is 28.8. The van der Waals surface area contributed by atoms with Crippen LogP contribution < -0.4 is 0 Å². The van der Waals surface area contributed by atoms with E-state index in [1.54, 1.807) is 6.08 Å². The van der Waals surface area contributed by atoms with Crippen LogP contribution >= 0.6 is 0 Å². The summed E-state index contributed by atoms with van der Waals surface area (Å²) in [5.74, 6) is -0.00519. The molecule has 1 aliphatic heterocycles. The van der Waals surface area contributed by atoms with Gasteiger partial charge in [-0.2, -0.15) is 0 Å². The van der Waals surface area contributed by atoms with Gasteiger partial charge in [-0.3, -0.25) is 4.99 Å². The largest absolute Gasteiger partial charge is 0.509 e. The average molecular weight is 151 g/mol. The number of fused-ring (bicyclic) bond motifs is 1. The molecule has 1 aliphatic carbocycles. The van der Waals surface area contributed by atoms with Crippen LogP contribution in [0.1, 0.15) is 6.42 Å². The van der Waals surface area contributed by atoms with E-state index in [1.165, 1.54) is 6.08 Å². The fourth-order valence-corrected chi connectivity index (χ4v) is 1.33. The first kappa shape index (κ1) is 6.61. The number of aliphatic hydroxyl groups excluding tert-OH is 2. The molecule has 0 aromatic heterocycles. The van der Waals surface area contributed by atoms with Gasteiger partial charge in [0, 0.05) is 12.6 Å². The molecule has 0 aromatic rings. The molecular weight excluding hydrogens is 142 g/mol. The van der Waals surface area contributed by atoms with E-state index in [2.05, 4.69) is 4.99 Å². The zero-order valence-corrected chi connectivity index (χ0v) is 5.99. The minimum absolute atomic E-state index is 0.00519. The Hall–Kier alpha value is -1.09. The monoisotopic (exact) mass is 151 g/mol. The molecule has 58 valence electrons. The second-order valence-corrected chi connectivity index (χ2v) is 2.72. The molecule has 2 rings (SSSR count). The van der Waals surface area contributed by atoms with Gasteiger partial charge in [-0.1, -0.05) is 0 Å². The second kappa shape index (κ2) is 2.20. The van der Waals surface area contributed by atoms with Crippen LogP contribution in [-0.4, -0.2) is 28.6 Å². The lowest BCUT2D eigenvalue weighted by Gasteiger charge is -2.12. The number of hydrogen-bond acceptors (Lipinski definition) is 3. The Morgan fingerprint density at radius 3 is 3.18 bits per heavy atom. The van der Waals surface area contributed by atoms with Crippen molar-refractivity contribution in [3.8, 4) is 0 Å². The molecule has 0 aromatic carbocycles. The third-order valence-corrected chi connectivity index (χ3v) is 1.94. The summed E-state index contributed by atoms with van der Waals surface area (Å²) in [4.78, 5) is 4.14. The summed E-state index contributed by atoms with van der Waals surface area (Å²) in [6.07, 6.45) is 3.26. The molecule has 2 N–H and O–H groups in total. The first-order valence-electron chi connectivity index (χ1n) is 3.61. The number of hydrogen-bond donors (Lipinski definition) is 2. The summed E-state index contributed by atoms with van der Waals surface area (Å²) in [6.45, 7) is 0.775. The van der Waals surface area contributed by atoms with E-state index in [-0.39, 0.29) is 5.76 Å². The van der Waals surface area contributed by atoms with E-state index in [0.29, 0.717) is 0 Å². The number of rotatable bonds is 0. The number of nitrogens with zero attached hydrogens (tertiary/aromatic N) is 1. The highest BCUT2D eigenvalue weighted by molar-refractivity contribution is 6.10. The van der Waals surface area contributed by atoms with Gasteiger partial charge >= 0.3 is 0 Å². The maximum Gasteiger partial charge on any atom is 0.130 e. The van der Waals surface area contributed by atoms with Gasteiger partial charge in [-0.15, -0.1) is 0 Å². The van der Waals surface area contributed by atoms with Crippen LogP contribution in [0.5, 0.6) is 0 Å². The minimum Gasteiger partial charge on any atom is -0.509 e. The minimum atomic E-state index is -0.818. The van der Waals surface area contributed by atoms with Gasteiger partial charge in [-0.05, 0) is 18.1 Å². The maximum atomic E-state index is 9.18. The Labute approximate surface area is 64.4 Å². The van der Waals surface area contributed by atoms with Gasteiger partial charge < -0.3 is 10.2 Å². The van der Waals surface area contributed by atoms with Gasteiger partial charge in [0.15, 0.2) is 0 Å². The Kier molecular flexibility index (Phi) is 1.32. The lowest BCUT2D eigenvalue weighted by molar-refractivity contribution is 0.192. The Morgan fingerprint density at radius 1 is 1.55 bits per heavy atom. The lowest BCUT2D eigenvalue weighted by atomic mass is 10.0.